The van der Waals surface area contributed by atoms with Crippen LogP contribution in [0.5, 0.6) is 0 Å². The van der Waals surface area contributed by atoms with Gasteiger partial charge in [-0.3, -0.25) is 19.3 Å². The topological polar surface area (TPSA) is 57.7 Å². The summed E-state index contributed by atoms with van der Waals surface area (Å²) < 4.78 is 0. The van der Waals surface area contributed by atoms with Gasteiger partial charge in [-0.15, -0.1) is 0 Å². The molecule has 1 heterocycles. The van der Waals surface area contributed by atoms with E-state index in [9.17, 15) is 14.4 Å². The van der Waals surface area contributed by atoms with E-state index >= 15 is 0 Å². The average molecular weight is 260 g/mol. The summed E-state index contributed by atoms with van der Waals surface area (Å²) in [5.74, 6) is -0.853. The van der Waals surface area contributed by atoms with Crippen LogP contribution in [0.25, 0.3) is 0 Å². The predicted octanol–water partition coefficient (Wildman–Crippen LogP) is 0.446. The third kappa shape index (κ3) is 3.19. The van der Waals surface area contributed by atoms with Crippen molar-refractivity contribution >= 4 is 17.7 Å². The van der Waals surface area contributed by atoms with E-state index in [1.165, 1.54) is 16.7 Å². The molecule has 2 rings (SSSR count). The molecule has 0 atom stereocenters. The van der Waals surface area contributed by atoms with E-state index in [1.54, 1.807) is 0 Å². The molecule has 0 bridgehead atoms. The van der Waals surface area contributed by atoms with Crippen molar-refractivity contribution < 1.29 is 14.4 Å². The smallest absolute Gasteiger partial charge is 0.248 e. The first-order chi connectivity index (χ1) is 9.08. The molecule has 0 saturated carbocycles. The maximum atomic E-state index is 11.9. The van der Waals surface area contributed by atoms with Gasteiger partial charge in [0.15, 0.2) is 0 Å². The molecule has 1 aromatic carbocycles. The number of hydrogen-bond donors (Lipinski definition) is 0. The standard InChI is InChI=1S/C14H16N2O3/c1-11(17)15-9-13(18)16(14(19)10-15)8-7-12-5-3-2-4-6-12/h2-6H,7-10H2,1H3. The molecule has 1 aliphatic rings. The fourth-order valence-electron chi connectivity index (χ4n) is 2.05. The molecule has 3 amide bonds. The molecule has 5 nitrogen and oxygen atoms in total. The fraction of sp³-hybridized carbons (Fsp3) is 0.357. The molecule has 0 unspecified atom stereocenters. The van der Waals surface area contributed by atoms with Gasteiger partial charge in [-0.1, -0.05) is 30.3 Å². The van der Waals surface area contributed by atoms with Gasteiger partial charge in [0.2, 0.25) is 17.7 Å². The molecule has 1 aliphatic heterocycles. The van der Waals surface area contributed by atoms with Crippen LogP contribution in [-0.2, 0) is 20.8 Å². The van der Waals surface area contributed by atoms with E-state index < -0.39 is 0 Å². The first-order valence-corrected chi connectivity index (χ1v) is 6.20. The predicted molar refractivity (Wildman–Crippen MR) is 69.1 cm³/mol. The molecule has 100 valence electrons. The summed E-state index contributed by atoms with van der Waals surface area (Å²) in [7, 11) is 0. The molecule has 1 fully saturated rings. The van der Waals surface area contributed by atoms with Crippen LogP contribution < -0.4 is 0 Å². The lowest BCUT2D eigenvalue weighted by molar-refractivity contribution is -0.156. The van der Waals surface area contributed by atoms with Crippen molar-refractivity contribution in [2.45, 2.75) is 13.3 Å². The Morgan fingerprint density at radius 1 is 1.11 bits per heavy atom. The van der Waals surface area contributed by atoms with E-state index in [2.05, 4.69) is 0 Å². The van der Waals surface area contributed by atoms with Crippen LogP contribution >= 0.6 is 0 Å². The highest BCUT2D eigenvalue weighted by Gasteiger charge is 2.31. The third-order valence-electron chi connectivity index (χ3n) is 3.17. The molecule has 0 aromatic heterocycles. The van der Waals surface area contributed by atoms with Crippen LogP contribution in [0.3, 0.4) is 0 Å². The second kappa shape index (κ2) is 5.65. The van der Waals surface area contributed by atoms with Gasteiger partial charge in [0.05, 0.1) is 0 Å². The van der Waals surface area contributed by atoms with Crippen molar-refractivity contribution in [3.63, 3.8) is 0 Å². The Balaban J connectivity index is 1.96. The molecule has 0 aliphatic carbocycles. The zero-order valence-corrected chi connectivity index (χ0v) is 10.8. The lowest BCUT2D eigenvalue weighted by Gasteiger charge is -2.32. The monoisotopic (exact) mass is 260 g/mol. The number of nitrogens with zero attached hydrogens (tertiary/aromatic N) is 2. The summed E-state index contributed by atoms with van der Waals surface area (Å²) in [6.45, 7) is 1.72. The van der Waals surface area contributed by atoms with Gasteiger partial charge in [-0.2, -0.15) is 0 Å². The highest BCUT2D eigenvalue weighted by atomic mass is 16.2. The van der Waals surface area contributed by atoms with Crippen molar-refractivity contribution in [1.82, 2.24) is 9.80 Å². The molecule has 0 spiro atoms. The molecule has 0 N–H and O–H groups in total. The summed E-state index contributed by atoms with van der Waals surface area (Å²) in [5.41, 5.74) is 1.08. The van der Waals surface area contributed by atoms with Crippen molar-refractivity contribution in [3.05, 3.63) is 35.9 Å². The van der Waals surface area contributed by atoms with Crippen molar-refractivity contribution in [2.75, 3.05) is 19.6 Å². The normalized spacial score (nSPS) is 15.8. The summed E-state index contributed by atoms with van der Waals surface area (Å²) in [5, 5.41) is 0. The molecule has 1 saturated heterocycles. The minimum atomic E-state index is -0.303. The molecule has 5 heteroatoms. The highest BCUT2D eigenvalue weighted by Crippen LogP contribution is 2.08. The quantitative estimate of drug-likeness (QED) is 0.741. The molecular weight excluding hydrogens is 244 g/mol. The Bertz CT molecular complexity index is 481. The number of carbonyl (C=O) groups is 3. The maximum Gasteiger partial charge on any atom is 0.248 e. The summed E-state index contributed by atoms with van der Waals surface area (Å²) in [6, 6.07) is 9.69. The zero-order chi connectivity index (χ0) is 13.8. The van der Waals surface area contributed by atoms with Gasteiger partial charge in [0, 0.05) is 13.5 Å². The van der Waals surface area contributed by atoms with Gasteiger partial charge in [0.25, 0.3) is 0 Å². The highest BCUT2D eigenvalue weighted by molar-refractivity contribution is 6.02. The summed E-state index contributed by atoms with van der Waals surface area (Å²) in [6.07, 6.45) is 0.637. The first-order valence-electron chi connectivity index (χ1n) is 6.20. The zero-order valence-electron chi connectivity index (χ0n) is 10.8. The Morgan fingerprint density at radius 2 is 1.68 bits per heavy atom. The van der Waals surface area contributed by atoms with Gasteiger partial charge >= 0.3 is 0 Å². The number of imide groups is 1. The Kier molecular flexibility index (Phi) is 3.94. The van der Waals surface area contributed by atoms with E-state index in [0.717, 1.165) is 5.56 Å². The van der Waals surface area contributed by atoms with Gasteiger partial charge in [-0.05, 0) is 12.0 Å². The van der Waals surface area contributed by atoms with E-state index in [4.69, 9.17) is 0 Å². The molecule has 1 aromatic rings. The van der Waals surface area contributed by atoms with Crippen molar-refractivity contribution in [2.24, 2.45) is 0 Å². The first kappa shape index (κ1) is 13.3. The van der Waals surface area contributed by atoms with Crippen LogP contribution in [0.15, 0.2) is 30.3 Å². The molecular formula is C14H16N2O3. The number of amides is 3. The van der Waals surface area contributed by atoms with Crippen LogP contribution in [0.4, 0.5) is 0 Å². The minimum Gasteiger partial charge on any atom is -0.324 e. The minimum absolute atomic E-state index is 0.00410. The van der Waals surface area contributed by atoms with Gasteiger partial charge in [-0.25, -0.2) is 0 Å². The van der Waals surface area contributed by atoms with Crippen LogP contribution in [0, 0.1) is 0 Å². The number of piperazine rings is 1. The Labute approximate surface area is 111 Å². The van der Waals surface area contributed by atoms with E-state index in [1.807, 2.05) is 30.3 Å². The van der Waals surface area contributed by atoms with Gasteiger partial charge < -0.3 is 4.90 Å². The SMILES string of the molecule is CC(=O)N1CC(=O)N(CCc2ccccc2)C(=O)C1. The molecule has 19 heavy (non-hydrogen) atoms. The molecule has 0 radical (unpaired) electrons. The summed E-state index contributed by atoms with van der Waals surface area (Å²) >= 11 is 0. The van der Waals surface area contributed by atoms with E-state index in [-0.39, 0.29) is 30.8 Å². The lowest BCUT2D eigenvalue weighted by atomic mass is 10.1. The Morgan fingerprint density at radius 3 is 2.21 bits per heavy atom. The second-order valence-electron chi connectivity index (χ2n) is 4.55. The van der Waals surface area contributed by atoms with E-state index in [0.29, 0.717) is 13.0 Å². The average Bonchev–Trinajstić information content (AvgIpc) is 2.38. The van der Waals surface area contributed by atoms with Crippen LogP contribution in [-0.4, -0.2) is 47.2 Å². The van der Waals surface area contributed by atoms with Gasteiger partial charge in [0.1, 0.15) is 13.1 Å². The Hall–Kier alpha value is -2.17. The van der Waals surface area contributed by atoms with Crippen molar-refractivity contribution in [1.29, 1.82) is 0 Å². The largest absolute Gasteiger partial charge is 0.324 e. The van der Waals surface area contributed by atoms with Crippen LogP contribution in [0.2, 0.25) is 0 Å². The number of rotatable bonds is 3. The fourth-order valence-corrected chi connectivity index (χ4v) is 2.05. The number of benzene rings is 1. The third-order valence-corrected chi connectivity index (χ3v) is 3.17. The van der Waals surface area contributed by atoms with Crippen molar-refractivity contribution in [3.8, 4) is 0 Å². The van der Waals surface area contributed by atoms with Crippen LogP contribution in [0.1, 0.15) is 12.5 Å². The summed E-state index contributed by atoms with van der Waals surface area (Å²) in [4.78, 5) is 37.4. The second-order valence-corrected chi connectivity index (χ2v) is 4.55. The number of carbonyl (C=O) groups excluding carboxylic acids is 3. The number of hydrogen-bond acceptors (Lipinski definition) is 3. The lowest BCUT2D eigenvalue weighted by Crippen LogP contribution is -2.55. The maximum absolute atomic E-state index is 11.9.